The van der Waals surface area contributed by atoms with Gasteiger partial charge in [-0.25, -0.2) is 13.4 Å². The summed E-state index contributed by atoms with van der Waals surface area (Å²) in [5.41, 5.74) is 0.251. The summed E-state index contributed by atoms with van der Waals surface area (Å²) >= 11 is 0. The molecule has 0 aliphatic carbocycles. The lowest BCUT2D eigenvalue weighted by molar-refractivity contribution is -0.137. The van der Waals surface area contributed by atoms with Crippen molar-refractivity contribution in [2.45, 2.75) is 17.0 Å². The maximum absolute atomic E-state index is 13.0. The first-order valence-electron chi connectivity index (χ1n) is 9.18. The van der Waals surface area contributed by atoms with Gasteiger partial charge in [0.15, 0.2) is 5.78 Å². The van der Waals surface area contributed by atoms with E-state index in [0.717, 1.165) is 17.7 Å². The summed E-state index contributed by atoms with van der Waals surface area (Å²) in [6.45, 7) is 0.382. The van der Waals surface area contributed by atoms with Crippen molar-refractivity contribution in [1.82, 2.24) is 4.98 Å². The van der Waals surface area contributed by atoms with Crippen LogP contribution in [0.1, 0.15) is 27.4 Å². The largest absolute Gasteiger partial charge is 0.416 e. The minimum absolute atomic E-state index is 0.128. The Labute approximate surface area is 176 Å². The second kappa shape index (κ2) is 7.69. The van der Waals surface area contributed by atoms with Gasteiger partial charge in [0.1, 0.15) is 5.82 Å². The highest BCUT2D eigenvalue weighted by atomic mass is 32.2. The monoisotopic (exact) mass is 447 g/mol. The Balaban J connectivity index is 1.55. The second-order valence-corrected chi connectivity index (χ2v) is 8.63. The lowest BCUT2D eigenvalue weighted by Crippen LogP contribution is -2.16. The van der Waals surface area contributed by atoms with Gasteiger partial charge in [-0.3, -0.25) is 9.52 Å². The van der Waals surface area contributed by atoms with Crippen LogP contribution in [0.15, 0.2) is 71.8 Å². The fourth-order valence-electron chi connectivity index (χ4n) is 3.36. The topological polar surface area (TPSA) is 88.2 Å². The third-order valence-corrected chi connectivity index (χ3v) is 6.29. The van der Waals surface area contributed by atoms with Crippen LogP contribution in [0.25, 0.3) is 0 Å². The molecule has 1 aromatic heterocycles. The van der Waals surface area contributed by atoms with Gasteiger partial charge in [0.25, 0.3) is 10.0 Å². The molecule has 1 aliphatic rings. The Kier molecular flexibility index (Phi) is 5.18. The molecule has 0 fully saturated rings. The Morgan fingerprint density at radius 3 is 2.52 bits per heavy atom. The lowest BCUT2D eigenvalue weighted by Gasteiger charge is -2.12. The van der Waals surface area contributed by atoms with Crippen molar-refractivity contribution in [3.05, 3.63) is 83.6 Å². The fraction of sp³-hybridized carbons (Fsp3) is 0.143. The number of carbonyl (C=O) groups is 1. The van der Waals surface area contributed by atoms with E-state index in [1.807, 2.05) is 6.07 Å². The molecule has 6 nitrogen and oxygen atoms in total. The molecule has 31 heavy (non-hydrogen) atoms. The number of rotatable bonds is 5. The zero-order chi connectivity index (χ0) is 22.2. The zero-order valence-electron chi connectivity index (χ0n) is 15.8. The highest BCUT2D eigenvalue weighted by Gasteiger charge is 2.31. The summed E-state index contributed by atoms with van der Waals surface area (Å²) in [5, 5.41) is 3.07. The number of halogens is 3. The van der Waals surface area contributed by atoms with Gasteiger partial charge in [0.05, 0.1) is 16.4 Å². The van der Waals surface area contributed by atoms with Crippen molar-refractivity contribution in [2.24, 2.45) is 0 Å². The number of nitrogens with one attached hydrogen (secondary N) is 2. The number of sulfonamides is 1. The van der Waals surface area contributed by atoms with E-state index in [4.69, 9.17) is 0 Å². The highest BCUT2D eigenvalue weighted by Crippen LogP contribution is 2.33. The minimum atomic E-state index is -4.56. The van der Waals surface area contributed by atoms with Crippen molar-refractivity contribution in [2.75, 3.05) is 16.6 Å². The number of hydrogen-bond acceptors (Lipinski definition) is 5. The number of fused-ring (bicyclic) bond motifs is 1. The Morgan fingerprint density at radius 2 is 1.81 bits per heavy atom. The fourth-order valence-corrected chi connectivity index (χ4v) is 4.41. The Bertz CT molecular complexity index is 1240. The molecule has 0 amide bonds. The first-order valence-corrected chi connectivity index (χ1v) is 10.7. The van der Waals surface area contributed by atoms with E-state index in [1.165, 1.54) is 18.2 Å². The molecule has 2 aromatic carbocycles. The van der Waals surface area contributed by atoms with E-state index in [1.54, 1.807) is 18.3 Å². The molecular weight excluding hydrogens is 431 g/mol. The number of aromatic nitrogens is 1. The van der Waals surface area contributed by atoms with Gasteiger partial charge in [-0.05, 0) is 42.5 Å². The van der Waals surface area contributed by atoms with Crippen LogP contribution in [-0.2, 0) is 16.2 Å². The van der Waals surface area contributed by atoms with Gasteiger partial charge < -0.3 is 5.32 Å². The minimum Gasteiger partial charge on any atom is -0.369 e. The van der Waals surface area contributed by atoms with Gasteiger partial charge >= 0.3 is 6.18 Å². The number of nitrogens with zero attached hydrogens (tertiary/aromatic N) is 1. The van der Waals surface area contributed by atoms with Gasteiger partial charge in [-0.1, -0.05) is 18.2 Å². The molecule has 1 unspecified atom stereocenters. The molecule has 1 aliphatic heterocycles. The van der Waals surface area contributed by atoms with Gasteiger partial charge in [-0.15, -0.1) is 0 Å². The van der Waals surface area contributed by atoms with Crippen LogP contribution in [0.5, 0.6) is 0 Å². The molecule has 1 atom stereocenters. The predicted molar refractivity (Wildman–Crippen MR) is 108 cm³/mol. The van der Waals surface area contributed by atoms with Crippen molar-refractivity contribution < 1.29 is 26.4 Å². The molecule has 0 radical (unpaired) electrons. The van der Waals surface area contributed by atoms with E-state index in [0.29, 0.717) is 30.1 Å². The van der Waals surface area contributed by atoms with E-state index in [-0.39, 0.29) is 16.4 Å². The van der Waals surface area contributed by atoms with Crippen LogP contribution in [0.3, 0.4) is 0 Å². The maximum atomic E-state index is 13.0. The van der Waals surface area contributed by atoms with Crippen molar-refractivity contribution >= 4 is 27.3 Å². The molecule has 10 heteroatoms. The average Bonchev–Trinajstić information content (AvgIpc) is 3.17. The number of hydrogen-bond donors (Lipinski definition) is 2. The van der Waals surface area contributed by atoms with Gasteiger partial charge in [0, 0.05) is 29.6 Å². The van der Waals surface area contributed by atoms with Crippen LogP contribution < -0.4 is 10.0 Å². The molecule has 160 valence electrons. The molecule has 0 saturated carbocycles. The first kappa shape index (κ1) is 20.9. The van der Waals surface area contributed by atoms with Crippen LogP contribution in [0.4, 0.5) is 24.7 Å². The SMILES string of the molecule is O=C(c1cccc(NS(=O)(=O)c2ccc(C(F)(F)F)cc2)c1)C1CNc2ncccc21. The first-order chi connectivity index (χ1) is 14.6. The smallest absolute Gasteiger partial charge is 0.369 e. The van der Waals surface area contributed by atoms with Gasteiger partial charge in [0.2, 0.25) is 0 Å². The second-order valence-electron chi connectivity index (χ2n) is 6.95. The number of pyridine rings is 1. The number of anilines is 2. The normalized spacial score (nSPS) is 15.8. The molecule has 0 saturated heterocycles. The lowest BCUT2D eigenvalue weighted by atomic mass is 9.93. The average molecular weight is 447 g/mol. The van der Waals surface area contributed by atoms with Crippen molar-refractivity contribution in [3.8, 4) is 0 Å². The quantitative estimate of drug-likeness (QED) is 0.570. The summed E-state index contributed by atoms with van der Waals surface area (Å²) in [6.07, 6.45) is -2.94. The number of ketones is 1. The molecule has 4 rings (SSSR count). The van der Waals surface area contributed by atoms with Crippen LogP contribution in [0.2, 0.25) is 0 Å². The van der Waals surface area contributed by atoms with Crippen LogP contribution >= 0.6 is 0 Å². The van der Waals surface area contributed by atoms with E-state index < -0.39 is 27.7 Å². The number of Topliss-reactive ketones (excluding diaryl/α,β-unsaturated/α-hetero) is 1. The maximum Gasteiger partial charge on any atom is 0.416 e. The highest BCUT2D eigenvalue weighted by molar-refractivity contribution is 7.92. The summed E-state index contributed by atoms with van der Waals surface area (Å²) in [7, 11) is -4.14. The predicted octanol–water partition coefficient (Wildman–Crippen LogP) is 4.29. The molecule has 3 aromatic rings. The van der Waals surface area contributed by atoms with E-state index in [2.05, 4.69) is 15.0 Å². The molecule has 2 heterocycles. The molecular formula is C21H16F3N3O3S. The van der Waals surface area contributed by atoms with E-state index >= 15 is 0 Å². The van der Waals surface area contributed by atoms with Gasteiger partial charge in [-0.2, -0.15) is 13.2 Å². The summed E-state index contributed by atoms with van der Waals surface area (Å²) < 4.78 is 65.5. The Morgan fingerprint density at radius 1 is 1.06 bits per heavy atom. The summed E-state index contributed by atoms with van der Waals surface area (Å²) in [4.78, 5) is 16.8. The third-order valence-electron chi connectivity index (χ3n) is 4.90. The summed E-state index contributed by atoms with van der Waals surface area (Å²) in [5.74, 6) is -0.0136. The molecule has 0 bridgehead atoms. The van der Waals surface area contributed by atoms with Crippen molar-refractivity contribution in [1.29, 1.82) is 0 Å². The molecule has 0 spiro atoms. The van der Waals surface area contributed by atoms with E-state index in [9.17, 15) is 26.4 Å². The third kappa shape index (κ3) is 4.24. The number of carbonyl (C=O) groups excluding carboxylic acids is 1. The van der Waals surface area contributed by atoms with Crippen LogP contribution in [-0.4, -0.2) is 25.7 Å². The number of alkyl halides is 3. The Hall–Kier alpha value is -3.40. The number of benzene rings is 2. The standard InChI is InChI=1S/C21H16F3N3O3S/c22-21(23,24)14-6-8-16(9-7-14)31(29,30)27-15-4-1-3-13(11-15)19(28)18-12-26-20-17(18)5-2-10-25-20/h1-11,18,27H,12H2,(H,25,26). The summed E-state index contributed by atoms with van der Waals surface area (Å²) in [6, 6.07) is 12.7. The zero-order valence-corrected chi connectivity index (χ0v) is 16.7. The molecule has 2 N–H and O–H groups in total. The van der Waals surface area contributed by atoms with Crippen LogP contribution in [0, 0.1) is 0 Å². The van der Waals surface area contributed by atoms with Crippen molar-refractivity contribution in [3.63, 3.8) is 0 Å².